The molecule has 0 bridgehead atoms. The zero-order valence-electron chi connectivity index (χ0n) is 10.1. The Labute approximate surface area is 101 Å². The van der Waals surface area contributed by atoms with E-state index in [1.165, 1.54) is 6.07 Å². The Morgan fingerprint density at radius 2 is 2.12 bits per heavy atom. The van der Waals surface area contributed by atoms with Gasteiger partial charge in [0.15, 0.2) is 0 Å². The monoisotopic (exact) mass is 238 g/mol. The van der Waals surface area contributed by atoms with Crippen LogP contribution in [0.25, 0.3) is 0 Å². The Kier molecular flexibility index (Phi) is 3.64. The van der Waals surface area contributed by atoms with E-state index in [2.05, 4.69) is 12.2 Å². The first-order valence-electron chi connectivity index (χ1n) is 5.96. The molecule has 4 heteroatoms. The fourth-order valence-electron chi connectivity index (χ4n) is 1.99. The molecule has 0 radical (unpaired) electrons. The highest BCUT2D eigenvalue weighted by Crippen LogP contribution is 2.20. The minimum absolute atomic E-state index is 0.0934. The maximum absolute atomic E-state index is 13.3. The Morgan fingerprint density at radius 3 is 2.76 bits per heavy atom. The predicted molar refractivity (Wildman–Crippen MR) is 66.1 cm³/mol. The molecule has 0 unspecified atom stereocenters. The number of anilines is 1. The van der Waals surface area contributed by atoms with Gasteiger partial charge in [0.05, 0.1) is 5.69 Å². The second-order valence-electron chi connectivity index (χ2n) is 4.88. The minimum Gasteiger partial charge on any atom is -0.396 e. The Hall–Kier alpha value is -1.13. The van der Waals surface area contributed by atoms with Gasteiger partial charge in [0, 0.05) is 25.3 Å². The van der Waals surface area contributed by atoms with Crippen LogP contribution in [0.15, 0.2) is 18.2 Å². The third-order valence-electron chi connectivity index (χ3n) is 3.38. The van der Waals surface area contributed by atoms with E-state index in [0.717, 1.165) is 31.6 Å². The molecule has 1 aliphatic rings. The predicted octanol–water partition coefficient (Wildman–Crippen LogP) is 2.07. The van der Waals surface area contributed by atoms with Gasteiger partial charge in [-0.05, 0) is 37.5 Å². The molecule has 3 nitrogen and oxygen atoms in total. The molecule has 0 aromatic heterocycles. The second-order valence-corrected chi connectivity index (χ2v) is 4.88. The van der Waals surface area contributed by atoms with Crippen LogP contribution in [-0.4, -0.2) is 18.8 Å². The lowest BCUT2D eigenvalue weighted by atomic mass is 9.92. The molecule has 1 aromatic carbocycles. The molecule has 1 heterocycles. The topological polar surface area (TPSA) is 47.3 Å². The van der Waals surface area contributed by atoms with E-state index in [1.54, 1.807) is 6.07 Å². The van der Waals surface area contributed by atoms with Crippen molar-refractivity contribution >= 4 is 5.69 Å². The van der Waals surface area contributed by atoms with Crippen molar-refractivity contribution in [1.82, 2.24) is 5.32 Å². The fourth-order valence-corrected chi connectivity index (χ4v) is 1.99. The Morgan fingerprint density at radius 1 is 1.41 bits per heavy atom. The number of rotatable bonds is 3. The van der Waals surface area contributed by atoms with Crippen molar-refractivity contribution in [2.45, 2.75) is 31.8 Å². The highest BCUT2D eigenvalue weighted by Gasteiger charge is 2.26. The van der Waals surface area contributed by atoms with Gasteiger partial charge in [-0.1, -0.05) is 6.07 Å². The third-order valence-corrected chi connectivity index (χ3v) is 3.38. The van der Waals surface area contributed by atoms with Crippen molar-refractivity contribution in [3.63, 3.8) is 0 Å². The molecular formula is C13H19FN2O. The number of hydrogen-bond donors (Lipinski definition) is 2. The normalized spacial score (nSPS) is 19.2. The smallest absolute Gasteiger partial charge is 0.146 e. The zero-order chi connectivity index (χ0) is 12.3. The standard InChI is InChI=1S/C13H19FN2O/c1-13(4-6-17-7-5-13)16-9-10-2-3-12(15)11(14)8-10/h2-3,8,16H,4-7,9,15H2,1H3. The number of ether oxygens (including phenoxy) is 1. The van der Waals surface area contributed by atoms with Crippen molar-refractivity contribution in [2.75, 3.05) is 18.9 Å². The van der Waals surface area contributed by atoms with Crippen LogP contribution >= 0.6 is 0 Å². The Balaban J connectivity index is 1.94. The first-order chi connectivity index (χ1) is 8.09. The van der Waals surface area contributed by atoms with E-state index >= 15 is 0 Å². The second kappa shape index (κ2) is 5.02. The maximum atomic E-state index is 13.3. The first kappa shape index (κ1) is 12.3. The summed E-state index contributed by atoms with van der Waals surface area (Å²) < 4.78 is 18.6. The van der Waals surface area contributed by atoms with E-state index in [4.69, 9.17) is 10.5 Å². The van der Waals surface area contributed by atoms with Crippen molar-refractivity contribution in [1.29, 1.82) is 0 Å². The summed E-state index contributed by atoms with van der Waals surface area (Å²) in [5.41, 5.74) is 6.66. The van der Waals surface area contributed by atoms with Crippen LogP contribution < -0.4 is 11.1 Å². The van der Waals surface area contributed by atoms with Crippen LogP contribution in [0.5, 0.6) is 0 Å². The average Bonchev–Trinajstić information content (AvgIpc) is 2.32. The van der Waals surface area contributed by atoms with Crippen LogP contribution in [0.1, 0.15) is 25.3 Å². The molecule has 2 rings (SSSR count). The van der Waals surface area contributed by atoms with Crippen LogP contribution in [-0.2, 0) is 11.3 Å². The fraction of sp³-hybridized carbons (Fsp3) is 0.538. The van der Waals surface area contributed by atoms with Crippen molar-refractivity contribution in [3.05, 3.63) is 29.6 Å². The summed E-state index contributed by atoms with van der Waals surface area (Å²) in [5, 5.41) is 3.47. The molecule has 0 amide bonds. The lowest BCUT2D eigenvalue weighted by Crippen LogP contribution is -2.46. The summed E-state index contributed by atoms with van der Waals surface area (Å²) in [4.78, 5) is 0. The lowest BCUT2D eigenvalue weighted by molar-refractivity contribution is 0.0446. The number of nitrogens with two attached hydrogens (primary N) is 1. The molecule has 17 heavy (non-hydrogen) atoms. The van der Waals surface area contributed by atoms with Gasteiger partial charge in [0.1, 0.15) is 5.82 Å². The van der Waals surface area contributed by atoms with Crippen LogP contribution in [0.3, 0.4) is 0 Å². The van der Waals surface area contributed by atoms with Crippen molar-refractivity contribution in [2.24, 2.45) is 0 Å². The van der Waals surface area contributed by atoms with Crippen molar-refractivity contribution < 1.29 is 9.13 Å². The van der Waals surface area contributed by atoms with E-state index in [-0.39, 0.29) is 17.0 Å². The molecule has 0 saturated carbocycles. The minimum atomic E-state index is -0.346. The average molecular weight is 238 g/mol. The lowest BCUT2D eigenvalue weighted by Gasteiger charge is -2.34. The van der Waals surface area contributed by atoms with Gasteiger partial charge in [-0.25, -0.2) is 4.39 Å². The molecule has 94 valence electrons. The van der Waals surface area contributed by atoms with Gasteiger partial charge >= 0.3 is 0 Å². The summed E-state index contributed by atoms with van der Waals surface area (Å²) in [5.74, 6) is -0.346. The van der Waals surface area contributed by atoms with E-state index < -0.39 is 0 Å². The van der Waals surface area contributed by atoms with Crippen LogP contribution in [0.2, 0.25) is 0 Å². The van der Waals surface area contributed by atoms with Crippen molar-refractivity contribution in [3.8, 4) is 0 Å². The summed E-state index contributed by atoms with van der Waals surface area (Å²) in [6.07, 6.45) is 1.98. The van der Waals surface area contributed by atoms with Crippen LogP contribution in [0.4, 0.5) is 10.1 Å². The third kappa shape index (κ3) is 3.17. The molecule has 3 N–H and O–H groups in total. The van der Waals surface area contributed by atoms with Gasteiger partial charge in [-0.2, -0.15) is 0 Å². The summed E-state index contributed by atoms with van der Waals surface area (Å²) in [7, 11) is 0. The highest BCUT2D eigenvalue weighted by atomic mass is 19.1. The highest BCUT2D eigenvalue weighted by molar-refractivity contribution is 5.41. The van der Waals surface area contributed by atoms with E-state index in [1.807, 2.05) is 6.07 Å². The molecular weight excluding hydrogens is 219 g/mol. The molecule has 0 atom stereocenters. The van der Waals surface area contributed by atoms with Gasteiger partial charge in [0.25, 0.3) is 0 Å². The molecule has 0 aliphatic carbocycles. The van der Waals surface area contributed by atoms with Gasteiger partial charge in [0.2, 0.25) is 0 Å². The molecule has 0 spiro atoms. The number of halogens is 1. The van der Waals surface area contributed by atoms with Gasteiger partial charge in [-0.3, -0.25) is 0 Å². The maximum Gasteiger partial charge on any atom is 0.146 e. The SMILES string of the molecule is CC1(NCc2ccc(N)c(F)c2)CCOCC1. The van der Waals surface area contributed by atoms with E-state index in [9.17, 15) is 4.39 Å². The van der Waals surface area contributed by atoms with Crippen LogP contribution in [0, 0.1) is 5.82 Å². The van der Waals surface area contributed by atoms with E-state index in [0.29, 0.717) is 6.54 Å². The Bertz CT molecular complexity index is 389. The first-order valence-corrected chi connectivity index (χ1v) is 5.96. The zero-order valence-corrected chi connectivity index (χ0v) is 10.1. The summed E-state index contributed by atoms with van der Waals surface area (Å²) in [6, 6.07) is 4.96. The quantitative estimate of drug-likeness (QED) is 0.792. The molecule has 1 fully saturated rings. The van der Waals surface area contributed by atoms with Gasteiger partial charge < -0.3 is 15.8 Å². The number of benzene rings is 1. The molecule has 1 aromatic rings. The summed E-state index contributed by atoms with van der Waals surface area (Å²) in [6.45, 7) is 4.43. The number of nitrogens with one attached hydrogen (secondary N) is 1. The number of hydrogen-bond acceptors (Lipinski definition) is 3. The number of nitrogen functional groups attached to an aromatic ring is 1. The molecule has 1 aliphatic heterocycles. The molecule has 1 saturated heterocycles. The largest absolute Gasteiger partial charge is 0.396 e. The summed E-state index contributed by atoms with van der Waals surface area (Å²) >= 11 is 0. The van der Waals surface area contributed by atoms with Gasteiger partial charge in [-0.15, -0.1) is 0 Å².